The Morgan fingerprint density at radius 2 is 2.00 bits per heavy atom. The summed E-state index contributed by atoms with van der Waals surface area (Å²) in [6, 6.07) is 0. The van der Waals surface area contributed by atoms with E-state index in [1.807, 2.05) is 0 Å². The van der Waals surface area contributed by atoms with E-state index in [2.05, 4.69) is 10.6 Å². The number of hydrogen-bond donors (Lipinski definition) is 2. The topological polar surface area (TPSA) is 50.4 Å². The molecule has 3 fully saturated rings. The van der Waals surface area contributed by atoms with Gasteiger partial charge in [-0.2, -0.15) is 0 Å². The van der Waals surface area contributed by atoms with E-state index in [0.717, 1.165) is 39.1 Å². The molecule has 2 saturated carbocycles. The first-order chi connectivity index (χ1) is 9.80. The molecule has 2 N–H and O–H groups in total. The molecular formula is C16H28N2O2. The zero-order valence-corrected chi connectivity index (χ0v) is 12.5. The van der Waals surface area contributed by atoms with Gasteiger partial charge >= 0.3 is 0 Å². The van der Waals surface area contributed by atoms with Gasteiger partial charge in [0.1, 0.15) is 0 Å². The third-order valence-corrected chi connectivity index (χ3v) is 5.38. The summed E-state index contributed by atoms with van der Waals surface area (Å²) in [5.74, 6) is 0.577. The van der Waals surface area contributed by atoms with Crippen molar-refractivity contribution < 1.29 is 9.53 Å². The van der Waals surface area contributed by atoms with E-state index in [9.17, 15) is 4.79 Å². The fourth-order valence-electron chi connectivity index (χ4n) is 3.91. The molecule has 0 unspecified atom stereocenters. The largest absolute Gasteiger partial charge is 0.378 e. The maximum absolute atomic E-state index is 12.1. The highest BCUT2D eigenvalue weighted by Crippen LogP contribution is 2.58. The molecular weight excluding hydrogens is 252 g/mol. The van der Waals surface area contributed by atoms with Crippen molar-refractivity contribution in [3.63, 3.8) is 0 Å². The summed E-state index contributed by atoms with van der Waals surface area (Å²) in [5, 5.41) is 6.48. The van der Waals surface area contributed by atoms with Gasteiger partial charge in [0.25, 0.3) is 0 Å². The number of ether oxygens (including phenoxy) is 1. The van der Waals surface area contributed by atoms with Crippen molar-refractivity contribution in [3.8, 4) is 0 Å². The van der Waals surface area contributed by atoms with Crippen molar-refractivity contribution in [1.82, 2.24) is 10.6 Å². The van der Waals surface area contributed by atoms with E-state index >= 15 is 0 Å². The van der Waals surface area contributed by atoms with Crippen LogP contribution in [0, 0.1) is 11.3 Å². The minimum absolute atomic E-state index is 0.285. The Morgan fingerprint density at radius 3 is 2.75 bits per heavy atom. The van der Waals surface area contributed by atoms with Crippen LogP contribution in [0.3, 0.4) is 0 Å². The van der Waals surface area contributed by atoms with Crippen LogP contribution in [0.15, 0.2) is 0 Å². The summed E-state index contributed by atoms with van der Waals surface area (Å²) in [6.45, 7) is 3.74. The molecule has 4 heteroatoms. The van der Waals surface area contributed by atoms with Crippen molar-refractivity contribution in [2.75, 3.05) is 26.2 Å². The van der Waals surface area contributed by atoms with Crippen LogP contribution in [0.25, 0.3) is 0 Å². The fraction of sp³-hybridized carbons (Fsp3) is 0.938. The minimum Gasteiger partial charge on any atom is -0.378 e. The van der Waals surface area contributed by atoms with Crippen LogP contribution in [-0.2, 0) is 9.53 Å². The molecule has 0 aromatic rings. The minimum atomic E-state index is 0.285. The Morgan fingerprint density at radius 1 is 1.25 bits per heavy atom. The normalized spacial score (nSPS) is 28.7. The highest BCUT2D eigenvalue weighted by atomic mass is 16.5. The van der Waals surface area contributed by atoms with Crippen molar-refractivity contribution >= 4 is 5.91 Å². The lowest BCUT2D eigenvalue weighted by molar-refractivity contribution is -0.123. The molecule has 114 valence electrons. The molecule has 1 spiro atoms. The van der Waals surface area contributed by atoms with E-state index in [1.165, 1.54) is 38.5 Å². The predicted molar refractivity (Wildman–Crippen MR) is 78.5 cm³/mol. The Balaban J connectivity index is 1.26. The van der Waals surface area contributed by atoms with E-state index in [-0.39, 0.29) is 5.91 Å². The van der Waals surface area contributed by atoms with Crippen LogP contribution in [0.2, 0.25) is 0 Å². The molecule has 0 radical (unpaired) electrons. The standard InChI is InChI=1S/C16H28N2O2/c19-15(14-12-16(14)6-9-17-10-7-16)18-8-3-11-20-13-4-1-2-5-13/h13-14,17H,1-12H2,(H,18,19)/t14-/m1/s1. The summed E-state index contributed by atoms with van der Waals surface area (Å²) < 4.78 is 5.81. The van der Waals surface area contributed by atoms with Crippen LogP contribution in [-0.4, -0.2) is 38.3 Å². The summed E-state index contributed by atoms with van der Waals surface area (Å²) in [5.41, 5.74) is 0.357. The number of nitrogens with one attached hydrogen (secondary N) is 2. The molecule has 3 aliphatic rings. The second-order valence-corrected chi connectivity index (χ2v) is 6.79. The quantitative estimate of drug-likeness (QED) is 0.730. The van der Waals surface area contributed by atoms with Gasteiger partial charge in [0, 0.05) is 19.1 Å². The van der Waals surface area contributed by atoms with Crippen LogP contribution in [0.4, 0.5) is 0 Å². The van der Waals surface area contributed by atoms with Crippen LogP contribution in [0.1, 0.15) is 51.4 Å². The Hall–Kier alpha value is -0.610. The Labute approximate surface area is 122 Å². The molecule has 1 atom stereocenters. The van der Waals surface area contributed by atoms with Gasteiger partial charge in [0.05, 0.1) is 6.10 Å². The van der Waals surface area contributed by atoms with E-state index in [4.69, 9.17) is 4.74 Å². The summed E-state index contributed by atoms with van der Waals surface area (Å²) in [4.78, 5) is 12.1. The third kappa shape index (κ3) is 3.34. The van der Waals surface area contributed by atoms with Crippen molar-refractivity contribution in [1.29, 1.82) is 0 Å². The zero-order chi connectivity index (χ0) is 13.8. The lowest BCUT2D eigenvalue weighted by Gasteiger charge is -2.23. The third-order valence-electron chi connectivity index (χ3n) is 5.38. The monoisotopic (exact) mass is 280 g/mol. The number of carbonyl (C=O) groups excluding carboxylic acids is 1. The van der Waals surface area contributed by atoms with Gasteiger partial charge in [-0.3, -0.25) is 4.79 Å². The number of piperidine rings is 1. The SMILES string of the molecule is O=C(NCCCOC1CCCC1)[C@H]1CC12CCNCC2. The number of hydrogen-bond acceptors (Lipinski definition) is 3. The molecule has 0 bridgehead atoms. The number of rotatable bonds is 6. The van der Waals surface area contributed by atoms with Gasteiger partial charge in [-0.1, -0.05) is 12.8 Å². The fourth-order valence-corrected chi connectivity index (χ4v) is 3.91. The van der Waals surface area contributed by atoms with Gasteiger partial charge in [-0.05, 0) is 57.0 Å². The highest BCUT2D eigenvalue weighted by molar-refractivity contribution is 5.82. The highest BCUT2D eigenvalue weighted by Gasteiger charge is 2.57. The molecule has 0 aromatic heterocycles. The van der Waals surface area contributed by atoms with Crippen molar-refractivity contribution in [2.45, 2.75) is 57.5 Å². The lowest BCUT2D eigenvalue weighted by Crippen LogP contribution is -2.34. The van der Waals surface area contributed by atoms with Crippen molar-refractivity contribution in [2.24, 2.45) is 11.3 Å². The van der Waals surface area contributed by atoms with Crippen LogP contribution in [0.5, 0.6) is 0 Å². The molecule has 1 aliphatic heterocycles. The van der Waals surface area contributed by atoms with Crippen LogP contribution < -0.4 is 10.6 Å². The summed E-state index contributed by atoms with van der Waals surface area (Å²) in [6.07, 6.45) is 10.00. The van der Waals surface area contributed by atoms with Gasteiger partial charge < -0.3 is 15.4 Å². The molecule has 1 saturated heterocycles. The molecule has 3 rings (SSSR count). The van der Waals surface area contributed by atoms with Gasteiger partial charge in [0.2, 0.25) is 5.91 Å². The van der Waals surface area contributed by atoms with E-state index in [0.29, 0.717) is 17.4 Å². The summed E-state index contributed by atoms with van der Waals surface area (Å²) >= 11 is 0. The van der Waals surface area contributed by atoms with Crippen LogP contribution >= 0.6 is 0 Å². The van der Waals surface area contributed by atoms with Crippen molar-refractivity contribution in [3.05, 3.63) is 0 Å². The number of carbonyl (C=O) groups is 1. The Kier molecular flexibility index (Phi) is 4.61. The summed E-state index contributed by atoms with van der Waals surface area (Å²) in [7, 11) is 0. The predicted octanol–water partition coefficient (Wildman–Crippen LogP) is 1.84. The average molecular weight is 280 g/mol. The second kappa shape index (κ2) is 6.44. The smallest absolute Gasteiger partial charge is 0.223 e. The molecule has 1 amide bonds. The molecule has 4 nitrogen and oxygen atoms in total. The lowest BCUT2D eigenvalue weighted by atomic mass is 9.92. The second-order valence-electron chi connectivity index (χ2n) is 6.79. The number of amides is 1. The molecule has 2 aliphatic carbocycles. The van der Waals surface area contributed by atoms with E-state index in [1.54, 1.807) is 0 Å². The first kappa shape index (κ1) is 14.3. The van der Waals surface area contributed by atoms with Gasteiger partial charge in [0.15, 0.2) is 0 Å². The van der Waals surface area contributed by atoms with Gasteiger partial charge in [-0.15, -0.1) is 0 Å². The maximum Gasteiger partial charge on any atom is 0.223 e. The first-order valence-corrected chi connectivity index (χ1v) is 8.40. The Bertz CT molecular complexity index is 333. The zero-order valence-electron chi connectivity index (χ0n) is 12.5. The molecule has 20 heavy (non-hydrogen) atoms. The van der Waals surface area contributed by atoms with Gasteiger partial charge in [-0.25, -0.2) is 0 Å². The average Bonchev–Trinajstić information content (AvgIpc) is 2.92. The van der Waals surface area contributed by atoms with E-state index < -0.39 is 0 Å². The maximum atomic E-state index is 12.1. The molecule has 1 heterocycles. The molecule has 0 aromatic carbocycles. The first-order valence-electron chi connectivity index (χ1n) is 8.40.